The highest BCUT2D eigenvalue weighted by atomic mass is 35.5. The first-order valence-corrected chi connectivity index (χ1v) is 7.02. The van der Waals surface area contributed by atoms with Crippen LogP contribution in [0.5, 0.6) is 0 Å². The molecule has 0 aliphatic carbocycles. The third-order valence-corrected chi connectivity index (χ3v) is 4.35. The van der Waals surface area contributed by atoms with E-state index in [9.17, 15) is 13.2 Å². The molecule has 0 saturated carbocycles. The summed E-state index contributed by atoms with van der Waals surface area (Å²) in [5, 5.41) is 0. The first-order valence-electron chi connectivity index (χ1n) is 6.35. The van der Waals surface area contributed by atoms with Crippen LogP contribution in [0.4, 0.5) is 19.0 Å². The van der Waals surface area contributed by atoms with Gasteiger partial charge in [-0.2, -0.15) is 13.2 Å². The van der Waals surface area contributed by atoms with Gasteiger partial charge in [-0.1, -0.05) is 0 Å². The fraction of sp³-hybridized carbons (Fsp3) is 0.615. The lowest BCUT2D eigenvalue weighted by Crippen LogP contribution is -3.00. The summed E-state index contributed by atoms with van der Waals surface area (Å²) in [6.07, 6.45) is -2.87. The number of aromatic nitrogens is 1. The predicted molar refractivity (Wildman–Crippen MR) is 80.0 cm³/mol. The van der Waals surface area contributed by atoms with E-state index in [1.165, 1.54) is 6.07 Å². The second kappa shape index (κ2) is 7.53. The van der Waals surface area contributed by atoms with Crippen molar-refractivity contribution in [3.63, 3.8) is 0 Å². The molecule has 9 heteroatoms. The summed E-state index contributed by atoms with van der Waals surface area (Å²) in [4.78, 5) is 3.93. The molecule has 0 bridgehead atoms. The Kier molecular flexibility index (Phi) is 7.44. The standard InChI is InChI=1S/C13H19Cl2F3N3.ClH/c1-12(2,20(14)15)7-8-21(3,4)11-6-5-10(9-19-11)13(16,17)18;/h5-6,9H,7-8H2,1-4H3;1H/q+1;/p-1. The van der Waals surface area contributed by atoms with Gasteiger partial charge < -0.3 is 12.4 Å². The van der Waals surface area contributed by atoms with Gasteiger partial charge in [-0.25, -0.2) is 4.98 Å². The quantitative estimate of drug-likeness (QED) is 0.568. The second-order valence-electron chi connectivity index (χ2n) is 6.11. The van der Waals surface area contributed by atoms with Gasteiger partial charge in [-0.05, 0) is 43.5 Å². The van der Waals surface area contributed by atoms with Gasteiger partial charge in [0.05, 0.1) is 31.7 Å². The Labute approximate surface area is 145 Å². The monoisotopic (exact) mass is 379 g/mol. The van der Waals surface area contributed by atoms with E-state index >= 15 is 0 Å². The van der Waals surface area contributed by atoms with Gasteiger partial charge in [0.25, 0.3) is 0 Å². The molecular formula is C13H19Cl3F3N3. The van der Waals surface area contributed by atoms with Crippen LogP contribution in [0.25, 0.3) is 0 Å². The van der Waals surface area contributed by atoms with Gasteiger partial charge in [0, 0.05) is 18.7 Å². The number of halogens is 6. The number of nitrogens with zero attached hydrogens (tertiary/aromatic N) is 3. The molecule has 0 saturated heterocycles. The highest BCUT2D eigenvalue weighted by molar-refractivity contribution is 6.34. The average Bonchev–Trinajstić information content (AvgIpc) is 2.36. The van der Waals surface area contributed by atoms with Crippen molar-refractivity contribution in [2.75, 3.05) is 20.6 Å². The van der Waals surface area contributed by atoms with Gasteiger partial charge in [0.15, 0.2) is 0 Å². The smallest absolute Gasteiger partial charge is 0.417 e. The van der Waals surface area contributed by atoms with E-state index in [2.05, 4.69) is 4.98 Å². The number of rotatable bonds is 5. The third kappa shape index (κ3) is 5.74. The van der Waals surface area contributed by atoms with E-state index in [1.54, 1.807) is 0 Å². The molecule has 1 rings (SSSR count). The molecule has 0 radical (unpaired) electrons. The SMILES string of the molecule is CC(C)(CC[N+](C)(C)c1ccc(C(F)(F)F)cn1)N(Cl)Cl.[Cl-]. The number of pyridine rings is 1. The molecule has 0 N–H and O–H groups in total. The fourth-order valence-corrected chi connectivity index (χ4v) is 1.83. The first-order chi connectivity index (χ1) is 9.36. The summed E-state index contributed by atoms with van der Waals surface area (Å²) in [5.41, 5.74) is -1.19. The van der Waals surface area contributed by atoms with E-state index in [0.29, 0.717) is 23.3 Å². The molecule has 22 heavy (non-hydrogen) atoms. The maximum atomic E-state index is 12.5. The van der Waals surface area contributed by atoms with Crippen molar-refractivity contribution < 1.29 is 25.6 Å². The zero-order valence-electron chi connectivity index (χ0n) is 12.8. The van der Waals surface area contributed by atoms with Crippen molar-refractivity contribution >= 4 is 29.4 Å². The summed E-state index contributed by atoms with van der Waals surface area (Å²) in [6, 6.07) is 2.44. The molecule has 0 spiro atoms. The Hall–Kier alpha value is -0.270. The Morgan fingerprint density at radius 2 is 1.73 bits per heavy atom. The van der Waals surface area contributed by atoms with Crippen LogP contribution >= 0.6 is 23.6 Å². The molecule has 0 aliphatic rings. The third-order valence-electron chi connectivity index (χ3n) is 3.44. The van der Waals surface area contributed by atoms with E-state index in [-0.39, 0.29) is 12.4 Å². The lowest BCUT2D eigenvalue weighted by atomic mass is 10.0. The summed E-state index contributed by atoms with van der Waals surface area (Å²) in [7, 11) is 3.75. The van der Waals surface area contributed by atoms with Crippen LogP contribution in [0.2, 0.25) is 0 Å². The lowest BCUT2D eigenvalue weighted by Gasteiger charge is -2.33. The minimum Gasteiger partial charge on any atom is -1.00 e. The van der Waals surface area contributed by atoms with Crippen LogP contribution in [0.15, 0.2) is 18.3 Å². The maximum Gasteiger partial charge on any atom is 0.417 e. The Morgan fingerprint density at radius 3 is 2.09 bits per heavy atom. The van der Waals surface area contributed by atoms with Crippen LogP contribution in [0.3, 0.4) is 0 Å². The Morgan fingerprint density at radius 1 is 1.18 bits per heavy atom. The summed E-state index contributed by atoms with van der Waals surface area (Å²) in [6.45, 7) is 4.39. The van der Waals surface area contributed by atoms with Crippen molar-refractivity contribution in [2.24, 2.45) is 0 Å². The minimum absolute atomic E-state index is 0. The van der Waals surface area contributed by atoms with E-state index in [0.717, 1.165) is 16.2 Å². The fourth-order valence-electron chi connectivity index (χ4n) is 1.66. The molecule has 0 aromatic carbocycles. The predicted octanol–water partition coefficient (Wildman–Crippen LogP) is 1.45. The number of alkyl halides is 3. The van der Waals surface area contributed by atoms with Crippen LogP contribution in [0.1, 0.15) is 25.8 Å². The number of hydrogen-bond donors (Lipinski definition) is 0. The molecule has 1 aromatic rings. The van der Waals surface area contributed by atoms with Gasteiger partial charge in [0.2, 0.25) is 5.82 Å². The first kappa shape index (κ1) is 21.7. The molecule has 0 fully saturated rings. The Balaban J connectivity index is 0.00000441. The van der Waals surface area contributed by atoms with Crippen molar-refractivity contribution in [3.8, 4) is 0 Å². The highest BCUT2D eigenvalue weighted by Gasteiger charge is 2.33. The maximum absolute atomic E-state index is 12.5. The molecule has 128 valence electrons. The molecule has 0 aliphatic heterocycles. The topological polar surface area (TPSA) is 16.1 Å². The largest absolute Gasteiger partial charge is 1.00 e. The van der Waals surface area contributed by atoms with Crippen LogP contribution < -0.4 is 16.9 Å². The zero-order chi connectivity index (χ0) is 16.5. The van der Waals surface area contributed by atoms with E-state index in [4.69, 9.17) is 23.6 Å². The molecule has 3 nitrogen and oxygen atoms in total. The van der Waals surface area contributed by atoms with Crippen LogP contribution in [0, 0.1) is 0 Å². The van der Waals surface area contributed by atoms with Crippen molar-refractivity contribution in [3.05, 3.63) is 23.9 Å². The molecule has 1 heterocycles. The van der Waals surface area contributed by atoms with Gasteiger partial charge >= 0.3 is 6.18 Å². The summed E-state index contributed by atoms with van der Waals surface area (Å²) < 4.78 is 39.0. The van der Waals surface area contributed by atoms with Gasteiger partial charge in [-0.3, -0.25) is 4.48 Å². The average molecular weight is 381 g/mol. The van der Waals surface area contributed by atoms with Crippen molar-refractivity contribution in [1.29, 1.82) is 0 Å². The van der Waals surface area contributed by atoms with E-state index < -0.39 is 17.3 Å². The number of hydrogen-bond acceptors (Lipinski definition) is 2. The Bertz CT molecular complexity index is 474. The molecule has 0 amide bonds. The van der Waals surface area contributed by atoms with Gasteiger partial charge in [0.1, 0.15) is 0 Å². The lowest BCUT2D eigenvalue weighted by molar-refractivity contribution is -0.137. The van der Waals surface area contributed by atoms with E-state index in [1.807, 2.05) is 27.9 Å². The van der Waals surface area contributed by atoms with Crippen molar-refractivity contribution in [1.82, 2.24) is 13.4 Å². The summed E-state index contributed by atoms with van der Waals surface area (Å²) in [5.74, 6) is 0.550. The van der Waals surface area contributed by atoms with Crippen LogP contribution in [-0.4, -0.2) is 35.1 Å². The minimum atomic E-state index is -4.37. The van der Waals surface area contributed by atoms with Gasteiger partial charge in [-0.15, -0.1) is 3.94 Å². The second-order valence-corrected chi connectivity index (χ2v) is 6.96. The molecule has 1 aromatic heterocycles. The molecular weight excluding hydrogens is 362 g/mol. The van der Waals surface area contributed by atoms with Crippen LogP contribution in [-0.2, 0) is 6.18 Å². The summed E-state index contributed by atoms with van der Waals surface area (Å²) >= 11 is 11.5. The molecule has 0 atom stereocenters. The normalized spacial score (nSPS) is 13.2. The van der Waals surface area contributed by atoms with Crippen molar-refractivity contribution in [2.45, 2.75) is 32.0 Å². The highest BCUT2D eigenvalue weighted by Crippen LogP contribution is 2.30. The molecule has 0 unspecified atom stereocenters. The zero-order valence-corrected chi connectivity index (χ0v) is 15.0. The number of quaternary nitrogens is 1.